The highest BCUT2D eigenvalue weighted by atomic mass is 16.4. The lowest BCUT2D eigenvalue weighted by molar-refractivity contribution is -0.138. The lowest BCUT2D eigenvalue weighted by atomic mass is 9.77. The Hall–Kier alpha value is -3.98. The molecule has 1 aliphatic rings. The fourth-order valence-electron chi connectivity index (χ4n) is 4.97. The average molecular weight is 451 g/mol. The first-order valence-corrected chi connectivity index (χ1v) is 11.7. The van der Waals surface area contributed by atoms with Crippen LogP contribution in [0.15, 0.2) is 60.8 Å². The van der Waals surface area contributed by atoms with Crippen LogP contribution in [0.1, 0.15) is 49.1 Å². The Bertz CT molecular complexity index is 1340. The van der Waals surface area contributed by atoms with Gasteiger partial charge in [-0.15, -0.1) is 0 Å². The van der Waals surface area contributed by atoms with Crippen molar-refractivity contribution in [3.05, 3.63) is 71.9 Å². The minimum absolute atomic E-state index is 0.295. The van der Waals surface area contributed by atoms with Crippen LogP contribution in [0.2, 0.25) is 0 Å². The van der Waals surface area contributed by atoms with Crippen molar-refractivity contribution in [3.63, 3.8) is 0 Å². The van der Waals surface area contributed by atoms with Crippen LogP contribution in [-0.2, 0) is 11.2 Å². The van der Waals surface area contributed by atoms with Crippen LogP contribution < -0.4 is 0 Å². The summed E-state index contributed by atoms with van der Waals surface area (Å²) in [6.07, 6.45) is 6.60. The lowest BCUT2D eigenvalue weighted by Gasteiger charge is -2.28. The first kappa shape index (κ1) is 21.8. The second-order valence-corrected chi connectivity index (χ2v) is 9.14. The van der Waals surface area contributed by atoms with Gasteiger partial charge in [0.1, 0.15) is 5.82 Å². The molecule has 2 aromatic heterocycles. The van der Waals surface area contributed by atoms with E-state index in [1.165, 1.54) is 5.56 Å². The van der Waals surface area contributed by atoms with Crippen LogP contribution in [0, 0.1) is 17.2 Å². The van der Waals surface area contributed by atoms with Gasteiger partial charge >= 0.3 is 5.97 Å². The predicted octanol–water partition coefficient (Wildman–Crippen LogP) is 6.11. The van der Waals surface area contributed by atoms with Crippen molar-refractivity contribution in [2.45, 2.75) is 44.4 Å². The Balaban J connectivity index is 1.27. The van der Waals surface area contributed by atoms with E-state index in [1.807, 2.05) is 36.5 Å². The number of fused-ring (bicyclic) bond motifs is 1. The number of aromatic nitrogens is 3. The molecule has 1 aliphatic carbocycles. The molecule has 5 rings (SSSR count). The van der Waals surface area contributed by atoms with Gasteiger partial charge in [-0.1, -0.05) is 30.3 Å². The largest absolute Gasteiger partial charge is 0.481 e. The number of hydrogen-bond donors (Lipinski definition) is 2. The van der Waals surface area contributed by atoms with Gasteiger partial charge in [-0.2, -0.15) is 5.26 Å². The van der Waals surface area contributed by atoms with Crippen LogP contribution in [0.3, 0.4) is 0 Å². The van der Waals surface area contributed by atoms with E-state index in [0.717, 1.165) is 64.9 Å². The molecule has 2 aromatic carbocycles. The monoisotopic (exact) mass is 450 g/mol. The molecule has 6 heteroatoms. The van der Waals surface area contributed by atoms with Crippen molar-refractivity contribution in [1.29, 1.82) is 5.26 Å². The number of carboxylic acid groups (broad SMARTS) is 1. The third-order valence-corrected chi connectivity index (χ3v) is 6.85. The zero-order chi connectivity index (χ0) is 23.5. The fourth-order valence-corrected chi connectivity index (χ4v) is 4.97. The second-order valence-electron chi connectivity index (χ2n) is 9.14. The molecule has 1 fully saturated rings. The van der Waals surface area contributed by atoms with Gasteiger partial charge in [0.15, 0.2) is 0 Å². The Morgan fingerprint density at radius 3 is 2.47 bits per heavy atom. The number of nitrogens with one attached hydrogen (secondary N) is 1. The number of carbonyl (C=O) groups is 1. The van der Waals surface area contributed by atoms with E-state index < -0.39 is 5.97 Å². The number of nitrogens with zero attached hydrogens (tertiary/aromatic N) is 3. The molecule has 0 aliphatic heterocycles. The van der Waals surface area contributed by atoms with E-state index in [1.54, 1.807) is 0 Å². The van der Waals surface area contributed by atoms with Gasteiger partial charge in [0.05, 0.1) is 29.2 Å². The minimum atomic E-state index is -0.684. The molecule has 2 N–H and O–H groups in total. The molecule has 0 saturated heterocycles. The number of H-pyrrole nitrogens is 1. The Labute approximate surface area is 198 Å². The van der Waals surface area contributed by atoms with Crippen LogP contribution in [0.25, 0.3) is 33.7 Å². The minimum Gasteiger partial charge on any atom is -0.481 e. The number of benzene rings is 2. The lowest BCUT2D eigenvalue weighted by Crippen LogP contribution is -2.16. The highest BCUT2D eigenvalue weighted by molar-refractivity contribution is 5.80. The van der Waals surface area contributed by atoms with E-state index in [0.29, 0.717) is 24.7 Å². The zero-order valence-corrected chi connectivity index (χ0v) is 18.9. The Morgan fingerprint density at radius 2 is 1.79 bits per heavy atom. The van der Waals surface area contributed by atoms with Crippen molar-refractivity contribution < 1.29 is 9.90 Å². The maximum absolute atomic E-state index is 10.9. The second kappa shape index (κ2) is 9.48. The summed E-state index contributed by atoms with van der Waals surface area (Å²) in [4.78, 5) is 23.6. The molecule has 34 heavy (non-hydrogen) atoms. The standard InChI is InChI=1S/C28H26N4O2/c29-14-13-19-3-11-25-26(15-19)32-28(31-25)23-10-12-24(30-17-23)22-8-6-21(7-9-22)20-4-1-18(2-5-20)16-27(33)34/h3,6-12,15,17-18,20H,1-2,4-5,13,16H2,(H,31,32)(H,33,34). The summed E-state index contributed by atoms with van der Waals surface area (Å²) in [6.45, 7) is 0. The smallest absolute Gasteiger partial charge is 0.303 e. The van der Waals surface area contributed by atoms with Crippen molar-refractivity contribution in [3.8, 4) is 28.7 Å². The number of hydrogen-bond acceptors (Lipinski definition) is 4. The van der Waals surface area contributed by atoms with E-state index in [2.05, 4.69) is 45.3 Å². The molecule has 6 nitrogen and oxygen atoms in total. The summed E-state index contributed by atoms with van der Waals surface area (Å²) in [5, 5.41) is 17.9. The van der Waals surface area contributed by atoms with Crippen molar-refractivity contribution >= 4 is 17.0 Å². The number of aromatic amines is 1. The summed E-state index contributed by atoms with van der Waals surface area (Å²) in [7, 11) is 0. The maximum Gasteiger partial charge on any atom is 0.303 e. The zero-order valence-electron chi connectivity index (χ0n) is 18.9. The molecule has 2 heterocycles. The molecule has 0 radical (unpaired) electrons. The van der Waals surface area contributed by atoms with Gasteiger partial charge in [0.2, 0.25) is 0 Å². The molecular formula is C28H26N4O2. The summed E-state index contributed by atoms with van der Waals surface area (Å²) < 4.78 is 0. The quantitative estimate of drug-likeness (QED) is 0.369. The van der Waals surface area contributed by atoms with Gasteiger partial charge in [0.25, 0.3) is 0 Å². The summed E-state index contributed by atoms with van der Waals surface area (Å²) in [6, 6.07) is 20.7. The van der Waals surface area contributed by atoms with E-state index in [4.69, 9.17) is 10.4 Å². The van der Waals surface area contributed by atoms with Crippen LogP contribution in [0.4, 0.5) is 0 Å². The van der Waals surface area contributed by atoms with Crippen LogP contribution >= 0.6 is 0 Å². The molecular weight excluding hydrogens is 424 g/mol. The van der Waals surface area contributed by atoms with Crippen molar-refractivity contribution in [2.24, 2.45) is 5.92 Å². The van der Waals surface area contributed by atoms with Gasteiger partial charge in [-0.05, 0) is 72.9 Å². The molecule has 4 aromatic rings. The highest BCUT2D eigenvalue weighted by Crippen LogP contribution is 2.37. The topological polar surface area (TPSA) is 103 Å². The summed E-state index contributed by atoms with van der Waals surface area (Å²) in [5.74, 6) is 0.909. The number of aliphatic carboxylic acids is 1. The molecule has 0 atom stereocenters. The van der Waals surface area contributed by atoms with Crippen LogP contribution in [0.5, 0.6) is 0 Å². The normalized spacial score (nSPS) is 18.0. The summed E-state index contributed by atoms with van der Waals surface area (Å²) >= 11 is 0. The molecule has 170 valence electrons. The molecule has 0 bridgehead atoms. The van der Waals surface area contributed by atoms with E-state index in [9.17, 15) is 4.79 Å². The third-order valence-electron chi connectivity index (χ3n) is 6.85. The van der Waals surface area contributed by atoms with Crippen molar-refractivity contribution in [1.82, 2.24) is 15.0 Å². The first-order chi connectivity index (χ1) is 16.6. The molecule has 0 unspecified atom stereocenters. The number of imidazole rings is 1. The summed E-state index contributed by atoms with van der Waals surface area (Å²) in [5.41, 5.74) is 6.97. The Kier molecular flexibility index (Phi) is 6.09. The number of nitriles is 1. The van der Waals surface area contributed by atoms with Crippen LogP contribution in [-0.4, -0.2) is 26.0 Å². The molecule has 0 spiro atoms. The van der Waals surface area contributed by atoms with Gasteiger partial charge in [-0.25, -0.2) is 4.98 Å². The molecule has 0 amide bonds. The van der Waals surface area contributed by atoms with E-state index in [-0.39, 0.29) is 0 Å². The fraction of sp³-hybridized carbons (Fsp3) is 0.286. The Morgan fingerprint density at radius 1 is 1.03 bits per heavy atom. The maximum atomic E-state index is 10.9. The highest BCUT2D eigenvalue weighted by Gasteiger charge is 2.24. The number of pyridine rings is 1. The van der Waals surface area contributed by atoms with Gasteiger partial charge in [0, 0.05) is 23.7 Å². The predicted molar refractivity (Wildman–Crippen MR) is 131 cm³/mol. The van der Waals surface area contributed by atoms with Gasteiger partial charge < -0.3 is 10.1 Å². The van der Waals surface area contributed by atoms with Gasteiger partial charge in [-0.3, -0.25) is 9.78 Å². The number of rotatable bonds is 6. The average Bonchev–Trinajstić information content (AvgIpc) is 3.28. The first-order valence-electron chi connectivity index (χ1n) is 11.7. The third kappa shape index (κ3) is 4.69. The molecule has 1 saturated carbocycles. The van der Waals surface area contributed by atoms with E-state index >= 15 is 0 Å². The number of carboxylic acids is 1. The SMILES string of the molecule is N#CCc1ccc2nc(-c3ccc(-c4ccc(C5CCC(CC(=O)O)CC5)cc4)nc3)[nH]c2c1. The van der Waals surface area contributed by atoms with Crippen molar-refractivity contribution in [2.75, 3.05) is 0 Å².